The predicted molar refractivity (Wildman–Crippen MR) is 75.4 cm³/mol. The van der Waals surface area contributed by atoms with Crippen molar-refractivity contribution in [2.75, 3.05) is 20.1 Å². The highest BCUT2D eigenvalue weighted by Gasteiger charge is 2.35. The molecule has 3 rings (SSSR count). The molecule has 1 saturated carbocycles. The molecule has 0 spiro atoms. The highest BCUT2D eigenvalue weighted by atomic mass is 15.1. The molecule has 1 aliphatic carbocycles. The molecule has 3 unspecified atom stereocenters. The molecule has 0 amide bonds. The third-order valence-corrected chi connectivity index (χ3v) is 4.65. The van der Waals surface area contributed by atoms with E-state index >= 15 is 0 Å². The molecule has 0 bridgehead atoms. The summed E-state index contributed by atoms with van der Waals surface area (Å²) < 4.78 is 0. The molecular weight excluding hydrogens is 220 g/mol. The standard InChI is InChI=1S/C16H24N2/c1-12-9-14(12)11-18(2)16-7-8-17-10-13-5-3-4-6-15(13)16/h3-6,12,14,16-17H,7-11H2,1-2H3. The van der Waals surface area contributed by atoms with Crippen molar-refractivity contribution in [1.82, 2.24) is 10.2 Å². The first-order valence-corrected chi connectivity index (χ1v) is 7.24. The van der Waals surface area contributed by atoms with Crippen LogP contribution in [0.15, 0.2) is 24.3 Å². The van der Waals surface area contributed by atoms with Crippen molar-refractivity contribution in [2.24, 2.45) is 11.8 Å². The number of rotatable bonds is 3. The molecule has 18 heavy (non-hydrogen) atoms. The lowest BCUT2D eigenvalue weighted by atomic mass is 9.98. The summed E-state index contributed by atoms with van der Waals surface area (Å²) in [7, 11) is 2.30. The van der Waals surface area contributed by atoms with Crippen LogP contribution in [0.25, 0.3) is 0 Å². The van der Waals surface area contributed by atoms with Crippen molar-refractivity contribution in [3.8, 4) is 0 Å². The summed E-state index contributed by atoms with van der Waals surface area (Å²) in [5, 5.41) is 3.54. The average Bonchev–Trinajstić information content (AvgIpc) is 3.10. The van der Waals surface area contributed by atoms with Gasteiger partial charge in [-0.1, -0.05) is 31.2 Å². The Morgan fingerprint density at radius 3 is 2.89 bits per heavy atom. The van der Waals surface area contributed by atoms with Gasteiger partial charge in [-0.2, -0.15) is 0 Å². The van der Waals surface area contributed by atoms with Crippen LogP contribution in [0.4, 0.5) is 0 Å². The topological polar surface area (TPSA) is 15.3 Å². The van der Waals surface area contributed by atoms with Crippen molar-refractivity contribution in [2.45, 2.75) is 32.4 Å². The highest BCUT2D eigenvalue weighted by Crippen LogP contribution is 2.40. The third kappa shape index (κ3) is 2.45. The lowest BCUT2D eigenvalue weighted by molar-refractivity contribution is 0.222. The lowest BCUT2D eigenvalue weighted by Crippen LogP contribution is -2.28. The van der Waals surface area contributed by atoms with Gasteiger partial charge in [0.2, 0.25) is 0 Å². The van der Waals surface area contributed by atoms with E-state index in [1.165, 1.54) is 24.9 Å². The van der Waals surface area contributed by atoms with Crippen LogP contribution in [0.5, 0.6) is 0 Å². The number of nitrogens with one attached hydrogen (secondary N) is 1. The molecular formula is C16H24N2. The van der Waals surface area contributed by atoms with Crippen LogP contribution in [0.2, 0.25) is 0 Å². The van der Waals surface area contributed by atoms with Gasteiger partial charge in [-0.15, -0.1) is 0 Å². The van der Waals surface area contributed by atoms with Crippen LogP contribution in [-0.4, -0.2) is 25.0 Å². The molecule has 1 aromatic carbocycles. The molecule has 1 aromatic rings. The van der Waals surface area contributed by atoms with E-state index in [1.807, 2.05) is 0 Å². The van der Waals surface area contributed by atoms with E-state index in [0.717, 1.165) is 24.9 Å². The molecule has 0 radical (unpaired) electrons. The maximum Gasteiger partial charge on any atom is 0.0360 e. The first-order chi connectivity index (χ1) is 8.75. The third-order valence-electron chi connectivity index (χ3n) is 4.65. The Morgan fingerprint density at radius 1 is 1.33 bits per heavy atom. The fraction of sp³-hybridized carbons (Fsp3) is 0.625. The van der Waals surface area contributed by atoms with Gasteiger partial charge in [-0.3, -0.25) is 4.90 Å². The fourth-order valence-electron chi connectivity index (χ4n) is 3.25. The van der Waals surface area contributed by atoms with Gasteiger partial charge in [0.15, 0.2) is 0 Å². The smallest absolute Gasteiger partial charge is 0.0360 e. The second kappa shape index (κ2) is 5.02. The SMILES string of the molecule is CC1CC1CN(C)C1CCNCc2ccccc21. The maximum atomic E-state index is 3.54. The van der Waals surface area contributed by atoms with E-state index in [1.54, 1.807) is 5.56 Å². The Labute approximate surface area is 110 Å². The quantitative estimate of drug-likeness (QED) is 0.879. The Morgan fingerprint density at radius 2 is 2.11 bits per heavy atom. The first kappa shape index (κ1) is 12.2. The van der Waals surface area contributed by atoms with Gasteiger partial charge in [-0.05, 0) is 49.4 Å². The summed E-state index contributed by atoms with van der Waals surface area (Å²) in [6.45, 7) is 5.80. The van der Waals surface area contributed by atoms with E-state index in [9.17, 15) is 0 Å². The summed E-state index contributed by atoms with van der Waals surface area (Å²) in [4.78, 5) is 2.58. The normalized spacial score (nSPS) is 30.9. The molecule has 3 atom stereocenters. The van der Waals surface area contributed by atoms with Gasteiger partial charge < -0.3 is 5.32 Å². The molecule has 1 heterocycles. The van der Waals surface area contributed by atoms with Crippen LogP contribution in [0.1, 0.15) is 36.9 Å². The van der Waals surface area contributed by atoms with Crippen LogP contribution >= 0.6 is 0 Å². The number of fused-ring (bicyclic) bond motifs is 1. The molecule has 0 aromatic heterocycles. The number of hydrogen-bond acceptors (Lipinski definition) is 2. The van der Waals surface area contributed by atoms with Gasteiger partial charge in [0.1, 0.15) is 0 Å². The zero-order valence-electron chi connectivity index (χ0n) is 11.5. The van der Waals surface area contributed by atoms with Crippen molar-refractivity contribution >= 4 is 0 Å². The Bertz CT molecular complexity index is 415. The monoisotopic (exact) mass is 244 g/mol. The van der Waals surface area contributed by atoms with E-state index < -0.39 is 0 Å². The highest BCUT2D eigenvalue weighted by molar-refractivity contribution is 5.31. The van der Waals surface area contributed by atoms with Gasteiger partial charge in [0, 0.05) is 19.1 Å². The lowest BCUT2D eigenvalue weighted by Gasteiger charge is -2.28. The van der Waals surface area contributed by atoms with Gasteiger partial charge in [0.25, 0.3) is 0 Å². The molecule has 1 aliphatic heterocycles. The van der Waals surface area contributed by atoms with Gasteiger partial charge in [0.05, 0.1) is 0 Å². The summed E-state index contributed by atoms with van der Waals surface area (Å²) in [6, 6.07) is 9.54. The predicted octanol–water partition coefficient (Wildman–Crippen LogP) is 2.81. The summed E-state index contributed by atoms with van der Waals surface area (Å²) >= 11 is 0. The largest absolute Gasteiger partial charge is 0.313 e. The average molecular weight is 244 g/mol. The Balaban J connectivity index is 1.78. The fourth-order valence-corrected chi connectivity index (χ4v) is 3.25. The second-order valence-electron chi connectivity index (χ2n) is 6.09. The molecule has 1 fully saturated rings. The Hall–Kier alpha value is -0.860. The van der Waals surface area contributed by atoms with E-state index in [0.29, 0.717) is 6.04 Å². The zero-order chi connectivity index (χ0) is 12.5. The van der Waals surface area contributed by atoms with E-state index in [4.69, 9.17) is 0 Å². The minimum Gasteiger partial charge on any atom is -0.313 e. The summed E-state index contributed by atoms with van der Waals surface area (Å²) in [6.07, 6.45) is 2.66. The molecule has 1 N–H and O–H groups in total. The van der Waals surface area contributed by atoms with Crippen LogP contribution in [0, 0.1) is 11.8 Å². The van der Waals surface area contributed by atoms with E-state index in [2.05, 4.69) is 48.5 Å². The molecule has 2 aliphatic rings. The first-order valence-electron chi connectivity index (χ1n) is 7.24. The van der Waals surface area contributed by atoms with Crippen LogP contribution in [0.3, 0.4) is 0 Å². The van der Waals surface area contributed by atoms with Gasteiger partial charge in [-0.25, -0.2) is 0 Å². The number of benzene rings is 1. The maximum absolute atomic E-state index is 3.54. The van der Waals surface area contributed by atoms with Crippen molar-refractivity contribution in [3.05, 3.63) is 35.4 Å². The minimum atomic E-state index is 0.601. The minimum absolute atomic E-state index is 0.601. The van der Waals surface area contributed by atoms with Crippen molar-refractivity contribution < 1.29 is 0 Å². The molecule has 98 valence electrons. The molecule has 2 heteroatoms. The number of hydrogen-bond donors (Lipinski definition) is 1. The second-order valence-corrected chi connectivity index (χ2v) is 6.09. The van der Waals surface area contributed by atoms with E-state index in [-0.39, 0.29) is 0 Å². The summed E-state index contributed by atoms with van der Waals surface area (Å²) in [5.74, 6) is 1.89. The van der Waals surface area contributed by atoms with Gasteiger partial charge >= 0.3 is 0 Å². The number of nitrogens with zero attached hydrogens (tertiary/aromatic N) is 1. The van der Waals surface area contributed by atoms with Crippen LogP contribution < -0.4 is 5.32 Å². The Kier molecular flexibility index (Phi) is 3.40. The van der Waals surface area contributed by atoms with Crippen LogP contribution in [-0.2, 0) is 6.54 Å². The van der Waals surface area contributed by atoms with Crippen molar-refractivity contribution in [1.29, 1.82) is 0 Å². The zero-order valence-corrected chi connectivity index (χ0v) is 11.5. The van der Waals surface area contributed by atoms with Crippen molar-refractivity contribution in [3.63, 3.8) is 0 Å². The molecule has 2 nitrogen and oxygen atoms in total. The summed E-state index contributed by atoms with van der Waals surface area (Å²) in [5.41, 5.74) is 3.02. The molecule has 0 saturated heterocycles.